The van der Waals surface area contributed by atoms with Crippen LogP contribution in [-0.2, 0) is 18.3 Å². The van der Waals surface area contributed by atoms with E-state index in [1.807, 2.05) is 20.8 Å². The van der Waals surface area contributed by atoms with Gasteiger partial charge in [-0.05, 0) is 101 Å². The summed E-state index contributed by atoms with van der Waals surface area (Å²) in [6, 6.07) is 4.37. The molecule has 0 radical (unpaired) electrons. The van der Waals surface area contributed by atoms with Gasteiger partial charge in [0, 0.05) is 5.54 Å². The smallest absolute Gasteiger partial charge is 0.444 e. The van der Waals surface area contributed by atoms with Crippen LogP contribution in [0.5, 0.6) is 5.75 Å². The van der Waals surface area contributed by atoms with E-state index in [0.29, 0.717) is 11.8 Å². The van der Waals surface area contributed by atoms with Gasteiger partial charge in [0.25, 0.3) is 0 Å². The standard InChI is InChI=1S/C26H44NO8P/c1-23(2,3)27(22(30)32-24(4,5)6)16-20(29)18-13-14-21(19(15-18)17-28)33-36(31,34-25(7,8)9)35-26(10,11)12/h13-15,17,20,29H,16H2,1-12H3. The van der Waals surface area contributed by atoms with Gasteiger partial charge >= 0.3 is 13.9 Å². The summed E-state index contributed by atoms with van der Waals surface area (Å²) in [6.45, 7) is 21.0. The molecule has 0 saturated carbocycles. The number of aldehydes is 1. The van der Waals surface area contributed by atoms with Gasteiger partial charge in [-0.2, -0.15) is 0 Å². The van der Waals surface area contributed by atoms with E-state index < -0.39 is 42.4 Å². The summed E-state index contributed by atoms with van der Waals surface area (Å²) >= 11 is 0. The van der Waals surface area contributed by atoms with E-state index in [9.17, 15) is 19.3 Å². The number of phosphoric ester groups is 1. The number of hydrogen-bond acceptors (Lipinski definition) is 8. The van der Waals surface area contributed by atoms with Crippen molar-refractivity contribution in [2.24, 2.45) is 0 Å². The predicted octanol–water partition coefficient (Wildman–Crippen LogP) is 6.69. The minimum atomic E-state index is -4.13. The van der Waals surface area contributed by atoms with Gasteiger partial charge < -0.3 is 19.3 Å². The molecule has 0 heterocycles. The second kappa shape index (κ2) is 11.2. The number of β-amino-alcohol motifs (C(OH)–C–C–N with tert-alkyl or cyclic N) is 1. The molecule has 1 unspecified atom stereocenters. The molecule has 10 heteroatoms. The summed E-state index contributed by atoms with van der Waals surface area (Å²) in [4.78, 5) is 26.1. The monoisotopic (exact) mass is 529 g/mol. The maximum Gasteiger partial charge on any atom is 0.531 e. The van der Waals surface area contributed by atoms with Crippen molar-refractivity contribution >= 4 is 20.2 Å². The van der Waals surface area contributed by atoms with E-state index in [0.717, 1.165) is 0 Å². The summed E-state index contributed by atoms with van der Waals surface area (Å²) in [7, 11) is -4.13. The quantitative estimate of drug-likeness (QED) is 0.293. The second-order valence-electron chi connectivity index (χ2n) is 12.6. The van der Waals surface area contributed by atoms with Crippen molar-refractivity contribution in [1.29, 1.82) is 0 Å². The van der Waals surface area contributed by atoms with Crippen molar-refractivity contribution in [2.45, 2.75) is 112 Å². The molecule has 1 rings (SSSR count). The molecule has 0 aliphatic heterocycles. The van der Waals surface area contributed by atoms with Gasteiger partial charge in [-0.25, -0.2) is 9.36 Å². The molecular formula is C26H44NO8P. The lowest BCUT2D eigenvalue weighted by Crippen LogP contribution is -2.49. The summed E-state index contributed by atoms with van der Waals surface area (Å²) < 4.78 is 35.9. The molecule has 0 fully saturated rings. The molecule has 1 amide bonds. The van der Waals surface area contributed by atoms with Crippen molar-refractivity contribution in [1.82, 2.24) is 4.90 Å². The van der Waals surface area contributed by atoms with Gasteiger partial charge in [-0.1, -0.05) is 6.07 Å². The minimum Gasteiger partial charge on any atom is -0.444 e. The molecule has 206 valence electrons. The molecule has 0 bridgehead atoms. The molecule has 1 N–H and O–H groups in total. The number of hydrogen-bond donors (Lipinski definition) is 1. The van der Waals surface area contributed by atoms with E-state index in [-0.39, 0.29) is 17.9 Å². The normalized spacial score (nSPS) is 14.2. The highest BCUT2D eigenvalue weighted by Gasteiger charge is 2.39. The Labute approximate surface area is 216 Å². The summed E-state index contributed by atoms with van der Waals surface area (Å²) in [5.74, 6) is -0.0161. The second-order valence-corrected chi connectivity index (χ2v) is 14.1. The van der Waals surface area contributed by atoms with Gasteiger partial charge in [-0.3, -0.25) is 13.8 Å². The average Bonchev–Trinajstić information content (AvgIpc) is 2.60. The fourth-order valence-electron chi connectivity index (χ4n) is 3.01. The molecule has 0 saturated heterocycles. The number of amides is 1. The predicted molar refractivity (Wildman–Crippen MR) is 139 cm³/mol. The van der Waals surface area contributed by atoms with Crippen LogP contribution in [-0.4, -0.2) is 51.3 Å². The third-order valence-corrected chi connectivity index (χ3v) is 6.27. The van der Waals surface area contributed by atoms with Crippen LogP contribution in [0.4, 0.5) is 4.79 Å². The number of carbonyl (C=O) groups is 2. The van der Waals surface area contributed by atoms with E-state index in [1.165, 1.54) is 23.1 Å². The highest BCUT2D eigenvalue weighted by molar-refractivity contribution is 7.49. The van der Waals surface area contributed by atoms with Crippen molar-refractivity contribution in [3.63, 3.8) is 0 Å². The number of phosphoric acid groups is 1. The molecule has 1 aromatic carbocycles. The van der Waals surface area contributed by atoms with Crippen LogP contribution in [0.2, 0.25) is 0 Å². The zero-order chi connectivity index (χ0) is 28.3. The third kappa shape index (κ3) is 11.0. The topological polar surface area (TPSA) is 112 Å². The van der Waals surface area contributed by atoms with Crippen LogP contribution in [0.15, 0.2) is 18.2 Å². The lowest BCUT2D eigenvalue weighted by Gasteiger charge is -2.38. The Morgan fingerprint density at radius 2 is 1.44 bits per heavy atom. The first kappa shape index (κ1) is 32.1. The first-order valence-corrected chi connectivity index (χ1v) is 13.4. The minimum absolute atomic E-state index is 0.0161. The molecule has 0 aliphatic carbocycles. The maximum absolute atomic E-state index is 13.5. The van der Waals surface area contributed by atoms with Crippen LogP contribution < -0.4 is 4.52 Å². The van der Waals surface area contributed by atoms with Crippen molar-refractivity contribution in [3.8, 4) is 5.75 Å². The summed E-state index contributed by atoms with van der Waals surface area (Å²) in [6.07, 6.45) is -1.17. The van der Waals surface area contributed by atoms with Gasteiger partial charge in [0.15, 0.2) is 6.29 Å². The number of benzene rings is 1. The zero-order valence-corrected chi connectivity index (χ0v) is 24.7. The third-order valence-electron chi connectivity index (χ3n) is 4.31. The van der Waals surface area contributed by atoms with Gasteiger partial charge in [0.2, 0.25) is 0 Å². The Morgan fingerprint density at radius 1 is 0.944 bits per heavy atom. The van der Waals surface area contributed by atoms with Gasteiger partial charge in [-0.15, -0.1) is 0 Å². The molecule has 0 aromatic heterocycles. The molecule has 36 heavy (non-hydrogen) atoms. The number of aliphatic hydroxyl groups excluding tert-OH is 1. The van der Waals surface area contributed by atoms with Gasteiger partial charge in [0.05, 0.1) is 29.4 Å². The van der Waals surface area contributed by atoms with Crippen LogP contribution in [0.1, 0.15) is 105 Å². The number of nitrogens with zero attached hydrogens (tertiary/aromatic N) is 1. The Kier molecular flexibility index (Phi) is 10.00. The molecular weight excluding hydrogens is 485 g/mol. The molecule has 0 aliphatic rings. The highest BCUT2D eigenvalue weighted by Crippen LogP contribution is 2.55. The van der Waals surface area contributed by atoms with E-state index in [1.54, 1.807) is 62.3 Å². The lowest BCUT2D eigenvalue weighted by molar-refractivity contribution is -0.00792. The fourth-order valence-corrected chi connectivity index (χ4v) is 4.87. The number of aliphatic hydroxyl groups is 1. The first-order chi connectivity index (χ1) is 15.9. The Morgan fingerprint density at radius 3 is 1.83 bits per heavy atom. The van der Waals surface area contributed by atoms with Crippen LogP contribution in [0.3, 0.4) is 0 Å². The summed E-state index contributed by atoms with van der Waals surface area (Å²) in [5, 5.41) is 10.9. The zero-order valence-electron chi connectivity index (χ0n) is 23.8. The van der Waals surface area contributed by atoms with E-state index in [4.69, 9.17) is 18.3 Å². The Bertz CT molecular complexity index is 944. The number of carbonyl (C=O) groups excluding carboxylic acids is 2. The van der Waals surface area contributed by atoms with Crippen molar-refractivity contribution in [3.05, 3.63) is 29.3 Å². The number of ether oxygens (including phenoxy) is 1. The van der Waals surface area contributed by atoms with Crippen LogP contribution in [0, 0.1) is 0 Å². The Balaban J connectivity index is 3.28. The van der Waals surface area contributed by atoms with E-state index >= 15 is 0 Å². The van der Waals surface area contributed by atoms with Crippen LogP contribution in [0.25, 0.3) is 0 Å². The average molecular weight is 530 g/mol. The lowest BCUT2D eigenvalue weighted by atomic mass is 10.0. The number of rotatable bonds is 8. The first-order valence-electron chi connectivity index (χ1n) is 11.9. The Hall–Kier alpha value is -1.93. The maximum atomic E-state index is 13.5. The van der Waals surface area contributed by atoms with E-state index in [2.05, 4.69) is 0 Å². The molecule has 9 nitrogen and oxygen atoms in total. The van der Waals surface area contributed by atoms with Crippen molar-refractivity contribution in [2.75, 3.05) is 6.54 Å². The highest BCUT2D eigenvalue weighted by atomic mass is 31.2. The fraction of sp³-hybridized carbons (Fsp3) is 0.692. The largest absolute Gasteiger partial charge is 0.531 e. The van der Waals surface area contributed by atoms with Gasteiger partial charge in [0.1, 0.15) is 11.4 Å². The molecule has 1 aromatic rings. The summed E-state index contributed by atoms with van der Waals surface area (Å²) in [5.41, 5.74) is -2.63. The molecule has 1 atom stereocenters. The molecule has 0 spiro atoms. The van der Waals surface area contributed by atoms with Crippen LogP contribution >= 0.6 is 7.82 Å². The SMILES string of the molecule is CC(C)(C)OC(=O)N(CC(O)c1ccc(OP(=O)(OC(C)(C)C)OC(C)(C)C)c(C=O)c1)C(C)(C)C. The van der Waals surface area contributed by atoms with Crippen molar-refractivity contribution < 1.29 is 37.6 Å².